The van der Waals surface area contributed by atoms with Crippen LogP contribution in [0.1, 0.15) is 67.2 Å². The molecule has 8 heteroatoms. The van der Waals surface area contributed by atoms with E-state index < -0.39 is 0 Å². The third kappa shape index (κ3) is 7.15. The standard InChI is InChI=1S/C30H40FN5.2ClH/c1-4-28-33-29-22(2)18-23(3)32-30(29)36(28)20-25-10-8-24(9-11-25)19-26(31)21-34-16-12-27(13-17-34)35-14-6-5-7-15-35;;/h8-11,18-19,27H,4-7,12-17,20-21H2,1-3H3;2*1H. The number of piperidine rings is 2. The van der Waals surface area contributed by atoms with E-state index in [1.807, 2.05) is 19.1 Å². The highest BCUT2D eigenvalue weighted by molar-refractivity contribution is 5.85. The highest BCUT2D eigenvalue weighted by Crippen LogP contribution is 2.23. The molecule has 0 spiro atoms. The Morgan fingerprint density at radius 3 is 2.32 bits per heavy atom. The summed E-state index contributed by atoms with van der Waals surface area (Å²) in [6, 6.07) is 11.0. The maximum Gasteiger partial charge on any atom is 0.160 e. The molecule has 2 aromatic heterocycles. The van der Waals surface area contributed by atoms with Crippen LogP contribution in [0.25, 0.3) is 17.2 Å². The van der Waals surface area contributed by atoms with Crippen LogP contribution in [-0.4, -0.2) is 63.1 Å². The zero-order chi connectivity index (χ0) is 25.1. The van der Waals surface area contributed by atoms with Gasteiger partial charge in [0.25, 0.3) is 0 Å². The number of imidazole rings is 1. The number of benzene rings is 1. The van der Waals surface area contributed by atoms with Crippen molar-refractivity contribution in [1.29, 1.82) is 0 Å². The van der Waals surface area contributed by atoms with Crippen LogP contribution >= 0.6 is 24.8 Å². The maximum atomic E-state index is 14.9. The van der Waals surface area contributed by atoms with Gasteiger partial charge in [-0.1, -0.05) is 37.6 Å². The molecule has 0 saturated carbocycles. The Labute approximate surface area is 239 Å². The summed E-state index contributed by atoms with van der Waals surface area (Å²) in [6.45, 7) is 11.9. The summed E-state index contributed by atoms with van der Waals surface area (Å²) in [5, 5.41) is 0. The number of aryl methyl sites for hydroxylation is 3. The van der Waals surface area contributed by atoms with Crippen LogP contribution in [0.2, 0.25) is 0 Å². The average Bonchev–Trinajstić information content (AvgIpc) is 3.23. The topological polar surface area (TPSA) is 37.2 Å². The van der Waals surface area contributed by atoms with Gasteiger partial charge in [-0.3, -0.25) is 4.90 Å². The fourth-order valence-corrected chi connectivity index (χ4v) is 5.95. The second kappa shape index (κ2) is 13.9. The Balaban J connectivity index is 0.00000200. The lowest BCUT2D eigenvalue weighted by molar-refractivity contribution is 0.0945. The number of halogens is 3. The Kier molecular flexibility index (Phi) is 11.2. The molecule has 2 fully saturated rings. The van der Waals surface area contributed by atoms with E-state index in [4.69, 9.17) is 9.97 Å². The van der Waals surface area contributed by atoms with Crippen molar-refractivity contribution < 1.29 is 4.39 Å². The van der Waals surface area contributed by atoms with Crippen molar-refractivity contribution in [2.75, 3.05) is 32.7 Å². The minimum Gasteiger partial charge on any atom is -0.308 e. The lowest BCUT2D eigenvalue weighted by atomic mass is 10.00. The zero-order valence-corrected chi connectivity index (χ0v) is 24.6. The summed E-state index contributed by atoms with van der Waals surface area (Å²) in [6.07, 6.45) is 8.94. The van der Waals surface area contributed by atoms with Crippen LogP contribution in [0.5, 0.6) is 0 Å². The number of pyridine rings is 1. The van der Waals surface area contributed by atoms with Gasteiger partial charge in [-0.15, -0.1) is 24.8 Å². The molecule has 0 radical (unpaired) electrons. The van der Waals surface area contributed by atoms with Crippen molar-refractivity contribution in [2.24, 2.45) is 0 Å². The lowest BCUT2D eigenvalue weighted by Crippen LogP contribution is -2.46. The van der Waals surface area contributed by atoms with Gasteiger partial charge >= 0.3 is 0 Å². The monoisotopic (exact) mass is 561 g/mol. The van der Waals surface area contributed by atoms with Gasteiger partial charge in [0, 0.05) is 31.2 Å². The number of fused-ring (bicyclic) bond motifs is 1. The molecule has 208 valence electrons. The second-order valence-electron chi connectivity index (χ2n) is 10.7. The minimum atomic E-state index is -0.0526. The molecule has 0 bridgehead atoms. The summed E-state index contributed by atoms with van der Waals surface area (Å²) in [7, 11) is 0. The highest BCUT2D eigenvalue weighted by Gasteiger charge is 2.25. The van der Waals surface area contributed by atoms with Crippen molar-refractivity contribution in [2.45, 2.75) is 71.9 Å². The molecule has 5 nitrogen and oxygen atoms in total. The summed E-state index contributed by atoms with van der Waals surface area (Å²) in [4.78, 5) is 14.6. The van der Waals surface area contributed by atoms with Crippen molar-refractivity contribution in [1.82, 2.24) is 24.3 Å². The van der Waals surface area contributed by atoms with Crippen LogP contribution in [0, 0.1) is 13.8 Å². The van der Waals surface area contributed by atoms with Gasteiger partial charge in [0.05, 0.1) is 13.1 Å². The number of hydrogen-bond acceptors (Lipinski definition) is 4. The molecular formula is C30H42Cl2FN5. The minimum absolute atomic E-state index is 0. The van der Waals surface area contributed by atoms with E-state index in [9.17, 15) is 4.39 Å². The average molecular weight is 563 g/mol. The smallest absolute Gasteiger partial charge is 0.160 e. The summed E-state index contributed by atoms with van der Waals surface area (Å²) in [5.41, 5.74) is 6.19. The first kappa shape index (κ1) is 30.6. The maximum absolute atomic E-state index is 14.9. The normalized spacial score (nSPS) is 17.8. The van der Waals surface area contributed by atoms with Gasteiger partial charge in [-0.05, 0) is 81.5 Å². The summed E-state index contributed by atoms with van der Waals surface area (Å²) >= 11 is 0. The largest absolute Gasteiger partial charge is 0.308 e. The molecule has 0 amide bonds. The number of nitrogens with zero attached hydrogens (tertiary/aromatic N) is 5. The van der Waals surface area contributed by atoms with Crippen LogP contribution < -0.4 is 0 Å². The number of hydrogen-bond donors (Lipinski definition) is 0. The SMILES string of the molecule is CCc1nc2c(C)cc(C)nc2n1Cc1ccc(C=C(F)CN2CCC(N3CCCCC3)CC2)cc1.Cl.Cl. The van der Waals surface area contributed by atoms with Crippen LogP contribution in [0.15, 0.2) is 36.2 Å². The van der Waals surface area contributed by atoms with E-state index in [0.29, 0.717) is 19.1 Å². The van der Waals surface area contributed by atoms with Crippen LogP contribution in [0.4, 0.5) is 4.39 Å². The van der Waals surface area contributed by atoms with E-state index in [1.54, 1.807) is 6.08 Å². The van der Waals surface area contributed by atoms with Gasteiger partial charge in [0.15, 0.2) is 5.65 Å². The predicted molar refractivity (Wildman–Crippen MR) is 160 cm³/mol. The Hall–Kier alpha value is -1.99. The van der Waals surface area contributed by atoms with Gasteiger partial charge in [0.1, 0.15) is 17.2 Å². The van der Waals surface area contributed by atoms with E-state index in [-0.39, 0.29) is 30.6 Å². The van der Waals surface area contributed by atoms with Crippen LogP contribution in [0.3, 0.4) is 0 Å². The van der Waals surface area contributed by atoms with Gasteiger partial charge in [-0.2, -0.15) is 0 Å². The van der Waals surface area contributed by atoms with E-state index in [0.717, 1.165) is 53.3 Å². The van der Waals surface area contributed by atoms with Crippen molar-refractivity contribution in [3.63, 3.8) is 0 Å². The molecule has 0 N–H and O–H groups in total. The van der Waals surface area contributed by atoms with Gasteiger partial charge in [-0.25, -0.2) is 14.4 Å². The first-order valence-corrected chi connectivity index (χ1v) is 13.7. The molecule has 0 atom stereocenters. The van der Waals surface area contributed by atoms with Crippen LogP contribution in [-0.2, 0) is 13.0 Å². The highest BCUT2D eigenvalue weighted by atomic mass is 35.5. The van der Waals surface area contributed by atoms with E-state index >= 15 is 0 Å². The van der Waals surface area contributed by atoms with Crippen molar-refractivity contribution in [3.05, 3.63) is 64.4 Å². The third-order valence-corrected chi connectivity index (χ3v) is 7.90. The quantitative estimate of drug-likeness (QED) is 0.319. The fraction of sp³-hybridized carbons (Fsp3) is 0.533. The molecule has 2 aliphatic heterocycles. The molecule has 38 heavy (non-hydrogen) atoms. The number of likely N-dealkylation sites (tertiary alicyclic amines) is 2. The lowest BCUT2D eigenvalue weighted by Gasteiger charge is -2.40. The first-order valence-electron chi connectivity index (χ1n) is 13.7. The Morgan fingerprint density at radius 2 is 1.66 bits per heavy atom. The van der Waals surface area contributed by atoms with Gasteiger partial charge in [0.2, 0.25) is 0 Å². The molecular weight excluding hydrogens is 520 g/mol. The van der Waals surface area contributed by atoms with E-state index in [2.05, 4.69) is 46.4 Å². The molecule has 2 aliphatic rings. The second-order valence-corrected chi connectivity index (χ2v) is 10.7. The Morgan fingerprint density at radius 1 is 0.974 bits per heavy atom. The number of aromatic nitrogens is 3. The Bertz CT molecular complexity index is 1210. The molecule has 3 aromatic rings. The molecule has 0 unspecified atom stereocenters. The van der Waals surface area contributed by atoms with Crippen molar-refractivity contribution in [3.8, 4) is 0 Å². The zero-order valence-electron chi connectivity index (χ0n) is 23.0. The first-order chi connectivity index (χ1) is 17.5. The number of rotatable bonds is 7. The molecule has 1 aromatic carbocycles. The predicted octanol–water partition coefficient (Wildman–Crippen LogP) is 6.76. The molecule has 4 heterocycles. The fourth-order valence-electron chi connectivity index (χ4n) is 5.95. The van der Waals surface area contributed by atoms with Gasteiger partial charge < -0.3 is 9.47 Å². The van der Waals surface area contributed by atoms with Crippen molar-refractivity contribution >= 4 is 42.1 Å². The molecule has 2 saturated heterocycles. The molecule has 5 rings (SSSR count). The third-order valence-electron chi connectivity index (χ3n) is 7.90. The molecule has 0 aliphatic carbocycles. The summed E-state index contributed by atoms with van der Waals surface area (Å²) < 4.78 is 17.1. The van der Waals surface area contributed by atoms with E-state index in [1.165, 1.54) is 50.8 Å². The summed E-state index contributed by atoms with van der Waals surface area (Å²) in [5.74, 6) is 0.994.